The first-order chi connectivity index (χ1) is 11.2. The van der Waals surface area contributed by atoms with Crippen LogP contribution >= 0.6 is 21.7 Å². The Hall–Kier alpha value is -0.960. The number of anilines is 1. The second-order valence-electron chi connectivity index (χ2n) is 4.52. The molecular weight excluding hydrogens is 409 g/mol. The maximum absolute atomic E-state index is 12.3. The number of rotatable bonds is 6. The second-order valence-corrected chi connectivity index (χ2v) is 6.84. The number of nitrogens with zero attached hydrogens (tertiary/aromatic N) is 2. The van der Waals surface area contributed by atoms with Crippen LogP contribution in [0.3, 0.4) is 0 Å². The van der Waals surface area contributed by atoms with Crippen molar-refractivity contribution < 1.29 is 57.0 Å². The summed E-state index contributed by atoms with van der Waals surface area (Å²) in [6.07, 6.45) is 0. The van der Waals surface area contributed by atoms with Crippen LogP contribution in [0.5, 0.6) is 0 Å². The summed E-state index contributed by atoms with van der Waals surface area (Å²) in [5.41, 5.74) is 5.60. The monoisotopic (exact) mass is 419 g/mol. The van der Waals surface area contributed by atoms with Gasteiger partial charge in [-0.2, -0.15) is 0 Å². The molecule has 1 aliphatic rings. The van der Waals surface area contributed by atoms with Gasteiger partial charge in [0.05, 0.1) is 11.6 Å². The summed E-state index contributed by atoms with van der Waals surface area (Å²) in [6, 6.07) is 0.228. The van der Waals surface area contributed by atoms with Crippen molar-refractivity contribution in [3.05, 3.63) is 11.6 Å². The molecule has 132 valence electrons. The quantitative estimate of drug-likeness (QED) is 0.138. The SMILES string of the molecule is CON=C(C(=O)NC1CN(S(=O)(=O)[O-])C1=O)c1cc(N)[nH]c1SCl.[Na+]. The van der Waals surface area contributed by atoms with E-state index >= 15 is 0 Å². The Kier molecular flexibility index (Phi) is 7.61. The molecule has 1 aliphatic heterocycles. The minimum absolute atomic E-state index is 0. The molecule has 15 heteroatoms. The first-order valence-corrected chi connectivity index (χ1v) is 9.16. The molecule has 1 aromatic heterocycles. The number of aromatic nitrogens is 1. The zero-order chi connectivity index (χ0) is 18.1. The number of aromatic amines is 1. The van der Waals surface area contributed by atoms with E-state index in [2.05, 4.69) is 20.3 Å². The number of oxime groups is 1. The van der Waals surface area contributed by atoms with Crippen molar-refractivity contribution in [2.45, 2.75) is 11.1 Å². The molecule has 1 fully saturated rings. The number of hydrogen-bond donors (Lipinski definition) is 3. The van der Waals surface area contributed by atoms with Gasteiger partial charge < -0.3 is 25.4 Å². The number of β-lactam (4-membered cyclic amide) rings is 1. The van der Waals surface area contributed by atoms with Crippen LogP contribution in [-0.2, 0) is 24.7 Å². The maximum Gasteiger partial charge on any atom is 1.00 e. The van der Waals surface area contributed by atoms with E-state index in [1.54, 1.807) is 0 Å². The molecule has 1 saturated heterocycles. The average Bonchev–Trinajstić information content (AvgIpc) is 2.87. The van der Waals surface area contributed by atoms with E-state index in [0.717, 1.165) is 11.0 Å². The zero-order valence-corrected chi connectivity index (χ0v) is 17.4. The molecule has 0 bridgehead atoms. The van der Waals surface area contributed by atoms with Gasteiger partial charge in [0.1, 0.15) is 19.0 Å². The number of carbonyl (C=O) groups excluding carboxylic acids is 2. The molecular formula is C10H11ClN5NaO6S2. The van der Waals surface area contributed by atoms with Gasteiger partial charge in [-0.3, -0.25) is 9.59 Å². The number of nitrogens with one attached hydrogen (secondary N) is 2. The van der Waals surface area contributed by atoms with Crippen LogP contribution in [0, 0.1) is 0 Å². The molecule has 0 aromatic carbocycles. The third-order valence-electron chi connectivity index (χ3n) is 3.00. The molecule has 25 heavy (non-hydrogen) atoms. The fraction of sp³-hybridized carbons (Fsp3) is 0.300. The van der Waals surface area contributed by atoms with Gasteiger partial charge in [-0.05, 0) is 27.7 Å². The Labute approximate surface area is 173 Å². The minimum Gasteiger partial charge on any atom is -0.731 e. The number of nitrogen functional groups attached to an aromatic ring is 1. The van der Waals surface area contributed by atoms with E-state index in [4.69, 9.17) is 16.4 Å². The number of hydrogen-bond acceptors (Lipinski definition) is 9. The van der Waals surface area contributed by atoms with Crippen molar-refractivity contribution in [2.24, 2.45) is 5.16 Å². The van der Waals surface area contributed by atoms with Gasteiger partial charge in [-0.15, -0.1) is 0 Å². The van der Waals surface area contributed by atoms with E-state index in [1.165, 1.54) is 13.2 Å². The van der Waals surface area contributed by atoms with Gasteiger partial charge in [0.2, 0.25) is 0 Å². The van der Waals surface area contributed by atoms with Crippen molar-refractivity contribution in [2.75, 3.05) is 19.4 Å². The average molecular weight is 420 g/mol. The van der Waals surface area contributed by atoms with E-state index < -0.39 is 34.7 Å². The topological polar surface area (TPSA) is 170 Å². The minimum atomic E-state index is -4.89. The molecule has 1 unspecified atom stereocenters. The second kappa shape index (κ2) is 8.62. The van der Waals surface area contributed by atoms with Gasteiger partial charge in [-0.25, -0.2) is 12.7 Å². The summed E-state index contributed by atoms with van der Waals surface area (Å²) < 4.78 is 32.4. The van der Waals surface area contributed by atoms with Crippen LogP contribution in [0.2, 0.25) is 0 Å². The molecule has 1 aromatic rings. The largest absolute Gasteiger partial charge is 1.00 e. The van der Waals surface area contributed by atoms with Crippen LogP contribution in [0.4, 0.5) is 5.82 Å². The van der Waals surface area contributed by atoms with Crippen LogP contribution in [0.25, 0.3) is 0 Å². The van der Waals surface area contributed by atoms with Gasteiger partial charge in [0, 0.05) is 5.56 Å². The van der Waals surface area contributed by atoms with Gasteiger partial charge >= 0.3 is 29.6 Å². The summed E-state index contributed by atoms with van der Waals surface area (Å²) in [5.74, 6) is -1.65. The van der Waals surface area contributed by atoms with E-state index in [9.17, 15) is 22.6 Å². The first-order valence-electron chi connectivity index (χ1n) is 6.16. The van der Waals surface area contributed by atoms with Crippen molar-refractivity contribution in [3.63, 3.8) is 0 Å². The van der Waals surface area contributed by atoms with E-state index in [1.807, 2.05) is 0 Å². The Balaban J connectivity index is 0.00000312. The van der Waals surface area contributed by atoms with Crippen molar-refractivity contribution in [1.29, 1.82) is 0 Å². The number of nitrogens with two attached hydrogens (primary N) is 1. The molecule has 2 amide bonds. The summed E-state index contributed by atoms with van der Waals surface area (Å²) in [4.78, 5) is 31.2. The fourth-order valence-electron chi connectivity index (χ4n) is 1.93. The molecule has 11 nitrogen and oxygen atoms in total. The molecule has 0 saturated carbocycles. The van der Waals surface area contributed by atoms with Gasteiger partial charge in [0.25, 0.3) is 11.8 Å². The molecule has 0 spiro atoms. The maximum atomic E-state index is 12.3. The van der Waals surface area contributed by atoms with Crippen molar-refractivity contribution in [3.8, 4) is 0 Å². The van der Waals surface area contributed by atoms with E-state index in [0.29, 0.717) is 5.03 Å². The Morgan fingerprint density at radius 2 is 2.28 bits per heavy atom. The Morgan fingerprint density at radius 3 is 2.76 bits per heavy atom. The zero-order valence-electron chi connectivity index (χ0n) is 13.0. The van der Waals surface area contributed by atoms with Crippen LogP contribution in [0.15, 0.2) is 16.2 Å². The first kappa shape index (κ1) is 22.1. The molecule has 2 heterocycles. The van der Waals surface area contributed by atoms with Gasteiger partial charge in [0.15, 0.2) is 16.0 Å². The van der Waals surface area contributed by atoms with Crippen molar-refractivity contribution in [1.82, 2.24) is 14.6 Å². The summed E-state index contributed by atoms with van der Waals surface area (Å²) in [6.45, 7) is -0.455. The van der Waals surface area contributed by atoms with Crippen LogP contribution in [0.1, 0.15) is 5.56 Å². The normalized spacial score (nSPS) is 17.6. The van der Waals surface area contributed by atoms with Crippen LogP contribution < -0.4 is 40.6 Å². The molecule has 4 N–H and O–H groups in total. The molecule has 2 rings (SSSR count). The third kappa shape index (κ3) is 4.81. The fourth-order valence-corrected chi connectivity index (χ4v) is 3.37. The number of carbonyl (C=O) groups is 2. The van der Waals surface area contributed by atoms with Crippen molar-refractivity contribution >= 4 is 55.3 Å². The number of amides is 2. The smallest absolute Gasteiger partial charge is 0.731 e. The Morgan fingerprint density at radius 1 is 1.64 bits per heavy atom. The standard InChI is InChI=1S/C10H12ClN5O6S2.Na/c1-22-15-7(4-2-6(12)14-9(4)23-11)8(17)13-5-3-16(10(5)18)24(19,20)21;/h2,5,14H,3,12H2,1H3,(H,13,17)(H,19,20,21);/q;+1/p-1. The van der Waals surface area contributed by atoms with E-state index in [-0.39, 0.29) is 51.0 Å². The number of H-pyrrole nitrogens is 1. The van der Waals surface area contributed by atoms with Crippen LogP contribution in [-0.4, -0.2) is 59.5 Å². The predicted octanol–water partition coefficient (Wildman–Crippen LogP) is -4.02. The molecule has 0 aliphatic carbocycles. The van der Waals surface area contributed by atoms with Gasteiger partial charge in [-0.1, -0.05) is 5.16 Å². The summed E-state index contributed by atoms with van der Waals surface area (Å²) in [5, 5.41) is 6.16. The summed E-state index contributed by atoms with van der Waals surface area (Å²) in [7, 11) is 2.74. The Bertz CT molecular complexity index is 813. The number of halogens is 1. The molecule has 0 radical (unpaired) electrons. The summed E-state index contributed by atoms with van der Waals surface area (Å²) >= 11 is 0. The molecule has 1 atom stereocenters. The third-order valence-corrected chi connectivity index (χ3v) is 4.81. The predicted molar refractivity (Wildman–Crippen MR) is 83.8 cm³/mol.